The number of ether oxygens (including phenoxy) is 1. The Morgan fingerprint density at radius 1 is 1.12 bits per heavy atom. The number of imidazole rings is 1. The number of nitrogens with zero attached hydrogens (tertiary/aromatic N) is 2. The topological polar surface area (TPSA) is 91.3 Å². The number of anilines is 1. The molecule has 0 aliphatic rings. The summed E-state index contributed by atoms with van der Waals surface area (Å²) in [5.74, 6) is 0.552. The first-order valence-electron chi connectivity index (χ1n) is 8.47. The van der Waals surface area contributed by atoms with Gasteiger partial charge < -0.3 is 15.8 Å². The summed E-state index contributed by atoms with van der Waals surface area (Å²) in [7, 11) is 1.73. The van der Waals surface area contributed by atoms with Crippen LogP contribution in [0.2, 0.25) is 0 Å². The van der Waals surface area contributed by atoms with E-state index in [1.54, 1.807) is 40.4 Å². The van der Waals surface area contributed by atoms with Gasteiger partial charge in [-0.25, -0.2) is 4.79 Å². The molecule has 7 nitrogen and oxygen atoms in total. The van der Waals surface area contributed by atoms with Crippen LogP contribution in [-0.2, 0) is 18.4 Å². The Balaban J connectivity index is 1.63. The van der Waals surface area contributed by atoms with Gasteiger partial charge in [0.2, 0.25) is 5.91 Å². The number of carbonyl (C=O) groups is 1. The first-order chi connectivity index (χ1) is 12.6. The Bertz CT molecular complexity index is 957. The minimum atomic E-state index is -0.152. The zero-order valence-corrected chi connectivity index (χ0v) is 14.6. The first kappa shape index (κ1) is 17.8. The molecule has 0 unspecified atom stereocenters. The van der Waals surface area contributed by atoms with Crippen molar-refractivity contribution in [2.24, 2.45) is 12.8 Å². The average Bonchev–Trinajstić information content (AvgIpc) is 2.90. The van der Waals surface area contributed by atoms with Crippen molar-refractivity contribution in [3.63, 3.8) is 0 Å². The van der Waals surface area contributed by atoms with Crippen molar-refractivity contribution in [3.05, 3.63) is 59.0 Å². The smallest absolute Gasteiger partial charge is 0.328 e. The number of rotatable bonds is 7. The second-order valence-electron chi connectivity index (χ2n) is 5.94. The van der Waals surface area contributed by atoms with E-state index in [0.29, 0.717) is 31.1 Å². The Labute approximate surface area is 151 Å². The number of hydrogen-bond acceptors (Lipinski definition) is 4. The van der Waals surface area contributed by atoms with Crippen LogP contribution in [0.25, 0.3) is 11.0 Å². The summed E-state index contributed by atoms with van der Waals surface area (Å²) in [6, 6.07) is 14.6. The summed E-state index contributed by atoms with van der Waals surface area (Å²) in [6.07, 6.45) is 0.208. The average molecular weight is 354 g/mol. The van der Waals surface area contributed by atoms with Crippen LogP contribution in [0.1, 0.15) is 6.42 Å². The normalized spacial score (nSPS) is 10.8. The molecule has 2 aromatic carbocycles. The Morgan fingerprint density at radius 3 is 2.50 bits per heavy atom. The molecule has 0 aliphatic carbocycles. The van der Waals surface area contributed by atoms with E-state index in [1.807, 2.05) is 24.3 Å². The van der Waals surface area contributed by atoms with Crippen LogP contribution in [0.15, 0.2) is 53.3 Å². The van der Waals surface area contributed by atoms with E-state index in [1.165, 1.54) is 0 Å². The van der Waals surface area contributed by atoms with E-state index in [0.717, 1.165) is 11.0 Å². The summed E-state index contributed by atoms with van der Waals surface area (Å²) in [6.45, 7) is 1.22. The highest BCUT2D eigenvalue weighted by Gasteiger charge is 2.11. The molecule has 1 aromatic heterocycles. The third-order valence-electron chi connectivity index (χ3n) is 4.14. The van der Waals surface area contributed by atoms with Crippen molar-refractivity contribution in [1.29, 1.82) is 0 Å². The molecule has 0 bridgehead atoms. The van der Waals surface area contributed by atoms with Gasteiger partial charge in [-0.1, -0.05) is 12.1 Å². The third kappa shape index (κ3) is 3.78. The number of amides is 1. The van der Waals surface area contributed by atoms with Gasteiger partial charge in [-0.15, -0.1) is 0 Å². The maximum atomic E-state index is 12.4. The molecule has 0 saturated heterocycles. The molecule has 1 amide bonds. The van der Waals surface area contributed by atoms with Gasteiger partial charge in [-0.2, -0.15) is 0 Å². The maximum Gasteiger partial charge on any atom is 0.328 e. The highest BCUT2D eigenvalue weighted by molar-refractivity contribution is 5.90. The molecule has 3 aromatic rings. The predicted octanol–water partition coefficient (Wildman–Crippen LogP) is 1.71. The molecule has 7 heteroatoms. The number of carbonyl (C=O) groups excluding carboxylic acids is 1. The molecule has 26 heavy (non-hydrogen) atoms. The van der Waals surface area contributed by atoms with Gasteiger partial charge in [0, 0.05) is 32.2 Å². The van der Waals surface area contributed by atoms with Crippen molar-refractivity contribution in [1.82, 2.24) is 9.13 Å². The lowest BCUT2D eigenvalue weighted by Crippen LogP contribution is -2.24. The number of hydrogen-bond donors (Lipinski definition) is 2. The Morgan fingerprint density at radius 2 is 1.81 bits per heavy atom. The molecule has 3 N–H and O–H groups in total. The molecule has 136 valence electrons. The highest BCUT2D eigenvalue weighted by atomic mass is 16.5. The van der Waals surface area contributed by atoms with E-state index < -0.39 is 0 Å². The van der Waals surface area contributed by atoms with Gasteiger partial charge in [0.1, 0.15) is 12.4 Å². The summed E-state index contributed by atoms with van der Waals surface area (Å²) in [5, 5.41) is 2.83. The van der Waals surface area contributed by atoms with Crippen LogP contribution < -0.4 is 21.5 Å². The molecular formula is C19H22N4O3. The maximum absolute atomic E-state index is 12.4. The van der Waals surface area contributed by atoms with Crippen LogP contribution in [0.5, 0.6) is 5.75 Å². The third-order valence-corrected chi connectivity index (χ3v) is 4.14. The van der Waals surface area contributed by atoms with Crippen LogP contribution in [0, 0.1) is 0 Å². The zero-order valence-electron chi connectivity index (χ0n) is 14.6. The van der Waals surface area contributed by atoms with Gasteiger partial charge >= 0.3 is 5.69 Å². The Kier molecular flexibility index (Phi) is 5.38. The summed E-state index contributed by atoms with van der Waals surface area (Å²) < 4.78 is 8.61. The number of aryl methyl sites for hydroxylation is 2. The van der Waals surface area contributed by atoms with Gasteiger partial charge in [0.05, 0.1) is 11.0 Å². The molecule has 0 radical (unpaired) electrons. The lowest BCUT2D eigenvalue weighted by molar-refractivity contribution is -0.116. The van der Waals surface area contributed by atoms with Crippen LogP contribution in [-0.4, -0.2) is 28.2 Å². The van der Waals surface area contributed by atoms with Crippen LogP contribution in [0.3, 0.4) is 0 Å². The summed E-state index contributed by atoms with van der Waals surface area (Å²) in [4.78, 5) is 24.6. The SMILES string of the molecule is Cn1c(=O)n(CCC(=O)Nc2ccc(OCCN)cc2)c2ccccc21. The van der Waals surface area contributed by atoms with Gasteiger partial charge in [-0.05, 0) is 36.4 Å². The second kappa shape index (κ2) is 7.88. The summed E-state index contributed by atoms with van der Waals surface area (Å²) >= 11 is 0. The van der Waals surface area contributed by atoms with E-state index in [4.69, 9.17) is 10.5 Å². The van der Waals surface area contributed by atoms with Gasteiger partial charge in [-0.3, -0.25) is 13.9 Å². The number of nitrogens with two attached hydrogens (primary N) is 1. The van der Waals surface area contributed by atoms with E-state index in [-0.39, 0.29) is 18.0 Å². The molecule has 0 atom stereocenters. The molecule has 0 spiro atoms. The van der Waals surface area contributed by atoms with Crippen molar-refractivity contribution in [2.75, 3.05) is 18.5 Å². The molecule has 1 heterocycles. The summed E-state index contributed by atoms with van der Waals surface area (Å²) in [5.41, 5.74) is 7.63. The van der Waals surface area contributed by atoms with Gasteiger partial charge in [0.15, 0.2) is 0 Å². The van der Waals surface area contributed by atoms with E-state index >= 15 is 0 Å². The van der Waals surface area contributed by atoms with Crippen LogP contribution >= 0.6 is 0 Å². The minimum Gasteiger partial charge on any atom is -0.492 e. The van der Waals surface area contributed by atoms with E-state index in [2.05, 4.69) is 5.32 Å². The Hall–Kier alpha value is -3.06. The predicted molar refractivity (Wildman–Crippen MR) is 101 cm³/mol. The lowest BCUT2D eigenvalue weighted by atomic mass is 10.3. The minimum absolute atomic E-state index is 0.125. The van der Waals surface area contributed by atoms with Crippen LogP contribution in [0.4, 0.5) is 5.69 Å². The molecule has 0 saturated carbocycles. The standard InChI is InChI=1S/C19H22N4O3/c1-22-16-4-2-3-5-17(16)23(19(22)25)12-10-18(24)21-14-6-8-15(9-7-14)26-13-11-20/h2-9H,10-13,20H2,1H3,(H,21,24). The second-order valence-corrected chi connectivity index (χ2v) is 5.94. The first-order valence-corrected chi connectivity index (χ1v) is 8.47. The fourth-order valence-electron chi connectivity index (χ4n) is 2.83. The van der Waals surface area contributed by atoms with Crippen molar-refractivity contribution >= 4 is 22.6 Å². The highest BCUT2D eigenvalue weighted by Crippen LogP contribution is 2.16. The fourth-order valence-corrected chi connectivity index (χ4v) is 2.83. The number of para-hydroxylation sites is 2. The number of benzene rings is 2. The number of aromatic nitrogens is 2. The molecule has 0 fully saturated rings. The quantitative estimate of drug-likeness (QED) is 0.676. The van der Waals surface area contributed by atoms with E-state index in [9.17, 15) is 9.59 Å². The van der Waals surface area contributed by atoms with Crippen molar-refractivity contribution in [2.45, 2.75) is 13.0 Å². The number of fused-ring (bicyclic) bond motifs is 1. The monoisotopic (exact) mass is 354 g/mol. The lowest BCUT2D eigenvalue weighted by Gasteiger charge is -2.08. The largest absolute Gasteiger partial charge is 0.492 e. The molecule has 3 rings (SSSR count). The zero-order chi connectivity index (χ0) is 18.5. The number of nitrogens with one attached hydrogen (secondary N) is 1. The van der Waals surface area contributed by atoms with Crippen molar-refractivity contribution < 1.29 is 9.53 Å². The molecule has 0 aliphatic heterocycles. The fraction of sp³-hybridized carbons (Fsp3) is 0.263. The molecular weight excluding hydrogens is 332 g/mol. The van der Waals surface area contributed by atoms with Crippen molar-refractivity contribution in [3.8, 4) is 5.75 Å². The van der Waals surface area contributed by atoms with Gasteiger partial charge in [0.25, 0.3) is 0 Å².